The molecule has 3 aromatic rings. The summed E-state index contributed by atoms with van der Waals surface area (Å²) in [6.45, 7) is -0.0704. The Bertz CT molecular complexity index is 1080. The van der Waals surface area contributed by atoms with Gasteiger partial charge in [0.05, 0.1) is 11.0 Å². The van der Waals surface area contributed by atoms with Gasteiger partial charge in [-0.15, -0.1) is 0 Å². The summed E-state index contributed by atoms with van der Waals surface area (Å²) in [6.07, 6.45) is 1.41. The van der Waals surface area contributed by atoms with E-state index in [9.17, 15) is 13.2 Å². The van der Waals surface area contributed by atoms with Crippen LogP contribution in [0.15, 0.2) is 41.6 Å². The second-order valence-corrected chi connectivity index (χ2v) is 7.58. The van der Waals surface area contributed by atoms with Crippen molar-refractivity contribution in [2.45, 2.75) is 11.6 Å². The maximum absolute atomic E-state index is 12.5. The Morgan fingerprint density at radius 3 is 2.50 bits per heavy atom. The second-order valence-electron chi connectivity index (χ2n) is 5.60. The topological polar surface area (TPSA) is 110 Å². The van der Waals surface area contributed by atoms with Crippen molar-refractivity contribution in [1.82, 2.24) is 24.6 Å². The van der Waals surface area contributed by atoms with E-state index in [1.165, 1.54) is 21.8 Å². The third-order valence-corrected chi connectivity index (χ3v) is 4.94. The van der Waals surface area contributed by atoms with Crippen molar-refractivity contribution in [2.75, 3.05) is 18.8 Å². The van der Waals surface area contributed by atoms with Crippen molar-refractivity contribution in [1.29, 1.82) is 0 Å². The molecule has 0 spiro atoms. The summed E-state index contributed by atoms with van der Waals surface area (Å²) in [4.78, 5) is 21.4. The number of aromatic nitrogens is 4. The lowest BCUT2D eigenvalue weighted by Crippen LogP contribution is -2.26. The summed E-state index contributed by atoms with van der Waals surface area (Å²) < 4.78 is 28.5. The molecule has 0 atom stereocenters. The minimum atomic E-state index is -4.03. The molecular formula is C15H15ClN6O3S. The number of nitrogens with one attached hydrogen (secondary N) is 1. The number of para-hydroxylation sites is 2. The van der Waals surface area contributed by atoms with Crippen LogP contribution in [0.3, 0.4) is 0 Å². The Morgan fingerprint density at radius 2 is 1.85 bits per heavy atom. The third-order valence-electron chi connectivity index (χ3n) is 3.45. The minimum absolute atomic E-state index is 0.0704. The van der Waals surface area contributed by atoms with Crippen molar-refractivity contribution >= 4 is 44.4 Å². The highest BCUT2D eigenvalue weighted by Gasteiger charge is 2.21. The van der Waals surface area contributed by atoms with E-state index in [1.54, 1.807) is 38.4 Å². The number of carbonyl (C=O) groups excluding carboxylic acids is 1. The van der Waals surface area contributed by atoms with E-state index in [-0.39, 0.29) is 28.4 Å². The highest BCUT2D eigenvalue weighted by Crippen LogP contribution is 2.23. The van der Waals surface area contributed by atoms with E-state index in [4.69, 9.17) is 11.6 Å². The fourth-order valence-corrected chi connectivity index (χ4v) is 3.27. The maximum atomic E-state index is 12.5. The fraction of sp³-hybridized carbons (Fsp3) is 0.200. The number of anilines is 1. The second kappa shape index (κ2) is 6.89. The van der Waals surface area contributed by atoms with E-state index in [0.717, 1.165) is 0 Å². The van der Waals surface area contributed by atoms with Crippen LogP contribution in [0, 0.1) is 0 Å². The number of carbonyl (C=O) groups is 1. The molecule has 26 heavy (non-hydrogen) atoms. The van der Waals surface area contributed by atoms with Gasteiger partial charge in [0.15, 0.2) is 16.0 Å². The zero-order chi connectivity index (χ0) is 18.9. The van der Waals surface area contributed by atoms with Gasteiger partial charge in [0.2, 0.25) is 5.91 Å². The van der Waals surface area contributed by atoms with Gasteiger partial charge in [-0.1, -0.05) is 23.7 Å². The molecule has 2 aromatic heterocycles. The molecule has 0 aliphatic carbocycles. The zero-order valence-electron chi connectivity index (χ0n) is 13.9. The number of benzene rings is 1. The van der Waals surface area contributed by atoms with Gasteiger partial charge in [-0.2, -0.15) is 13.5 Å². The van der Waals surface area contributed by atoms with Crippen LogP contribution in [-0.2, 0) is 21.4 Å². The quantitative estimate of drug-likeness (QED) is 0.699. The monoisotopic (exact) mass is 394 g/mol. The minimum Gasteiger partial charge on any atom is -0.347 e. The summed E-state index contributed by atoms with van der Waals surface area (Å²) >= 11 is 6.03. The Balaban J connectivity index is 1.86. The van der Waals surface area contributed by atoms with E-state index < -0.39 is 10.0 Å². The van der Waals surface area contributed by atoms with E-state index in [0.29, 0.717) is 11.0 Å². The Hall–Kier alpha value is -2.72. The van der Waals surface area contributed by atoms with E-state index in [2.05, 4.69) is 19.8 Å². The molecule has 0 aliphatic rings. The van der Waals surface area contributed by atoms with Gasteiger partial charge in [0, 0.05) is 20.3 Å². The average molecular weight is 395 g/mol. The predicted molar refractivity (Wildman–Crippen MR) is 96.3 cm³/mol. The summed E-state index contributed by atoms with van der Waals surface area (Å²) in [5, 5.41) is 3.59. The molecule has 3 rings (SSSR count). The fourth-order valence-electron chi connectivity index (χ4n) is 2.08. The summed E-state index contributed by atoms with van der Waals surface area (Å²) in [5.74, 6) is -0.308. The summed E-state index contributed by atoms with van der Waals surface area (Å²) in [6, 6.07) is 8.23. The lowest BCUT2D eigenvalue weighted by molar-refractivity contribution is -0.129. The van der Waals surface area contributed by atoms with Crippen molar-refractivity contribution in [2.24, 2.45) is 0 Å². The largest absolute Gasteiger partial charge is 0.347 e. The van der Waals surface area contributed by atoms with Crippen LogP contribution in [0.1, 0.15) is 0 Å². The lowest BCUT2D eigenvalue weighted by Gasteiger charge is -2.10. The molecule has 136 valence electrons. The number of fused-ring (bicyclic) bond motifs is 1. The van der Waals surface area contributed by atoms with Gasteiger partial charge >= 0.3 is 0 Å². The third kappa shape index (κ3) is 3.75. The number of sulfonamides is 1. The van der Waals surface area contributed by atoms with Gasteiger partial charge < -0.3 is 4.90 Å². The van der Waals surface area contributed by atoms with Crippen LogP contribution in [0.2, 0.25) is 5.15 Å². The normalized spacial score (nSPS) is 11.5. The molecule has 11 heteroatoms. The van der Waals surface area contributed by atoms with Gasteiger partial charge in [-0.3, -0.25) is 14.2 Å². The molecule has 0 saturated heterocycles. The zero-order valence-corrected chi connectivity index (χ0v) is 15.5. The van der Waals surface area contributed by atoms with Gasteiger partial charge in [-0.25, -0.2) is 9.97 Å². The first kappa shape index (κ1) is 18.1. The molecule has 0 fully saturated rings. The SMILES string of the molecule is CN(C)C(=O)Cn1ccc(S(=O)(=O)Nc2nc3ccccc3nc2Cl)n1. The molecule has 1 amide bonds. The van der Waals surface area contributed by atoms with E-state index >= 15 is 0 Å². The highest BCUT2D eigenvalue weighted by molar-refractivity contribution is 7.92. The molecule has 9 nitrogen and oxygen atoms in total. The van der Waals surface area contributed by atoms with Gasteiger partial charge in [-0.05, 0) is 18.2 Å². The number of halogens is 1. The molecule has 1 N–H and O–H groups in total. The molecule has 0 aliphatic heterocycles. The summed E-state index contributed by atoms with van der Waals surface area (Å²) in [5.41, 5.74) is 1.05. The lowest BCUT2D eigenvalue weighted by atomic mass is 10.3. The van der Waals surface area contributed by atoms with Crippen LogP contribution >= 0.6 is 11.6 Å². The number of rotatable bonds is 5. The van der Waals surface area contributed by atoms with E-state index in [1.807, 2.05) is 0 Å². The summed E-state index contributed by atoms with van der Waals surface area (Å²) in [7, 11) is -0.828. The molecule has 0 radical (unpaired) electrons. The molecule has 1 aromatic carbocycles. The van der Waals surface area contributed by atoms with Crippen LogP contribution in [-0.4, -0.2) is 53.1 Å². The number of hydrogen-bond acceptors (Lipinski definition) is 6. The van der Waals surface area contributed by atoms with Crippen LogP contribution in [0.25, 0.3) is 11.0 Å². The van der Waals surface area contributed by atoms with Crippen molar-refractivity contribution in [3.05, 3.63) is 41.7 Å². The first-order valence-electron chi connectivity index (χ1n) is 7.45. The van der Waals surface area contributed by atoms with Crippen molar-refractivity contribution < 1.29 is 13.2 Å². The molecule has 0 bridgehead atoms. The standard InChI is InChI=1S/C15H15ClN6O3S/c1-21(2)13(23)9-22-8-7-12(19-22)26(24,25)20-15-14(16)17-10-5-3-4-6-11(10)18-15/h3-8H,9H2,1-2H3,(H,18,20). The predicted octanol–water partition coefficient (Wildman–Crippen LogP) is 1.37. The number of hydrogen-bond donors (Lipinski definition) is 1. The average Bonchev–Trinajstić information content (AvgIpc) is 3.04. The maximum Gasteiger partial charge on any atom is 0.282 e. The number of likely N-dealkylation sites (N-methyl/N-ethyl adjacent to an activating group) is 1. The van der Waals surface area contributed by atoms with Crippen LogP contribution in [0.4, 0.5) is 5.82 Å². The Kier molecular flexibility index (Phi) is 4.79. The first-order valence-corrected chi connectivity index (χ1v) is 9.31. The van der Waals surface area contributed by atoms with Crippen molar-refractivity contribution in [3.8, 4) is 0 Å². The first-order chi connectivity index (χ1) is 12.3. The molecular weight excluding hydrogens is 380 g/mol. The number of amides is 1. The molecule has 0 saturated carbocycles. The molecule has 2 heterocycles. The Labute approximate surface area is 154 Å². The highest BCUT2D eigenvalue weighted by atomic mass is 35.5. The number of nitrogens with zero attached hydrogens (tertiary/aromatic N) is 5. The van der Waals surface area contributed by atoms with Crippen LogP contribution < -0.4 is 4.72 Å². The smallest absolute Gasteiger partial charge is 0.282 e. The van der Waals surface area contributed by atoms with Gasteiger partial charge in [0.1, 0.15) is 6.54 Å². The van der Waals surface area contributed by atoms with Gasteiger partial charge in [0.25, 0.3) is 10.0 Å². The molecule has 0 unspecified atom stereocenters. The Morgan fingerprint density at radius 1 is 1.19 bits per heavy atom. The van der Waals surface area contributed by atoms with Crippen LogP contribution in [0.5, 0.6) is 0 Å². The van der Waals surface area contributed by atoms with Crippen molar-refractivity contribution in [3.63, 3.8) is 0 Å².